The van der Waals surface area contributed by atoms with Crippen LogP contribution in [-0.4, -0.2) is 15.1 Å². The molecule has 1 saturated carbocycles. The summed E-state index contributed by atoms with van der Waals surface area (Å²) in [5, 5.41) is 4.07. The zero-order valence-corrected chi connectivity index (χ0v) is 14.5. The number of hydrogen-bond acceptors (Lipinski definition) is 5. The molecule has 2 heterocycles. The minimum atomic E-state index is -0.148. The molecule has 1 fully saturated rings. The maximum Gasteiger partial charge on any atom is 0.244 e. The third-order valence-corrected chi connectivity index (χ3v) is 5.28. The van der Waals surface area contributed by atoms with E-state index in [4.69, 9.17) is 10.3 Å². The van der Waals surface area contributed by atoms with Crippen molar-refractivity contribution in [2.24, 2.45) is 17.6 Å². The van der Waals surface area contributed by atoms with Crippen LogP contribution in [0.1, 0.15) is 70.2 Å². The van der Waals surface area contributed by atoms with E-state index >= 15 is 0 Å². The van der Waals surface area contributed by atoms with Crippen molar-refractivity contribution < 1.29 is 4.52 Å². The molecule has 130 valence electrons. The summed E-state index contributed by atoms with van der Waals surface area (Å²) in [4.78, 5) is 8.51. The van der Waals surface area contributed by atoms with Crippen molar-refractivity contribution in [2.45, 2.75) is 64.3 Å². The largest absolute Gasteiger partial charge is 0.337 e. The molecule has 5 heteroatoms. The quantitative estimate of drug-likeness (QED) is 0.756. The Morgan fingerprint density at radius 2 is 1.92 bits per heavy atom. The van der Waals surface area contributed by atoms with Crippen LogP contribution >= 0.6 is 0 Å². The summed E-state index contributed by atoms with van der Waals surface area (Å²) in [5.41, 5.74) is 7.33. The van der Waals surface area contributed by atoms with Crippen LogP contribution in [0.4, 0.5) is 0 Å². The highest BCUT2D eigenvalue weighted by Gasteiger charge is 2.29. The number of nitrogens with two attached hydrogens (primary N) is 1. The SMILES string of the molecule is CCCCCC1CCC(C(N)c2nc(-c3ccncc3)no2)CC1. The maximum atomic E-state index is 6.42. The van der Waals surface area contributed by atoms with Crippen LogP contribution in [0.2, 0.25) is 0 Å². The van der Waals surface area contributed by atoms with Gasteiger partial charge in [0.15, 0.2) is 0 Å². The Morgan fingerprint density at radius 3 is 2.62 bits per heavy atom. The summed E-state index contributed by atoms with van der Waals surface area (Å²) >= 11 is 0. The minimum Gasteiger partial charge on any atom is -0.337 e. The van der Waals surface area contributed by atoms with E-state index in [1.165, 1.54) is 51.4 Å². The first kappa shape index (κ1) is 17.1. The Balaban J connectivity index is 1.54. The predicted octanol–water partition coefficient (Wildman–Crippen LogP) is 4.52. The molecule has 5 nitrogen and oxygen atoms in total. The molecule has 2 N–H and O–H groups in total. The summed E-state index contributed by atoms with van der Waals surface area (Å²) in [6.07, 6.45) is 13.8. The molecule has 3 rings (SSSR count). The van der Waals surface area contributed by atoms with Crippen molar-refractivity contribution in [1.29, 1.82) is 0 Å². The summed E-state index contributed by atoms with van der Waals surface area (Å²) in [6, 6.07) is 3.60. The first-order valence-corrected chi connectivity index (χ1v) is 9.27. The van der Waals surface area contributed by atoms with Crippen molar-refractivity contribution in [3.05, 3.63) is 30.4 Å². The summed E-state index contributed by atoms with van der Waals surface area (Å²) in [7, 11) is 0. The minimum absolute atomic E-state index is 0.148. The molecule has 1 aliphatic carbocycles. The molecule has 24 heavy (non-hydrogen) atoms. The van der Waals surface area contributed by atoms with Crippen LogP contribution in [0.25, 0.3) is 11.4 Å². The molecule has 0 radical (unpaired) electrons. The first-order valence-electron chi connectivity index (χ1n) is 9.27. The zero-order valence-electron chi connectivity index (χ0n) is 14.5. The first-order chi connectivity index (χ1) is 11.8. The number of pyridine rings is 1. The lowest BCUT2D eigenvalue weighted by molar-refractivity contribution is 0.208. The van der Waals surface area contributed by atoms with Gasteiger partial charge < -0.3 is 10.3 Å². The molecular weight excluding hydrogens is 300 g/mol. The van der Waals surface area contributed by atoms with Crippen LogP contribution < -0.4 is 5.73 Å². The molecule has 1 unspecified atom stereocenters. The lowest BCUT2D eigenvalue weighted by atomic mass is 9.77. The van der Waals surface area contributed by atoms with Gasteiger partial charge in [-0.2, -0.15) is 4.98 Å². The highest BCUT2D eigenvalue weighted by atomic mass is 16.5. The van der Waals surface area contributed by atoms with Crippen molar-refractivity contribution >= 4 is 0 Å². The highest BCUT2D eigenvalue weighted by molar-refractivity contribution is 5.52. The van der Waals surface area contributed by atoms with Crippen LogP contribution in [0.15, 0.2) is 29.0 Å². The molecule has 0 bridgehead atoms. The van der Waals surface area contributed by atoms with Crippen LogP contribution in [0.3, 0.4) is 0 Å². The van der Waals surface area contributed by atoms with Gasteiger partial charge in [-0.3, -0.25) is 4.98 Å². The van der Waals surface area contributed by atoms with Crippen LogP contribution in [0, 0.1) is 11.8 Å². The lowest BCUT2D eigenvalue weighted by Crippen LogP contribution is -2.26. The average Bonchev–Trinajstić information content (AvgIpc) is 3.13. The molecule has 0 amide bonds. The fourth-order valence-corrected chi connectivity index (χ4v) is 3.71. The van der Waals surface area contributed by atoms with Crippen molar-refractivity contribution in [3.63, 3.8) is 0 Å². The summed E-state index contributed by atoms with van der Waals surface area (Å²) < 4.78 is 5.43. The predicted molar refractivity (Wildman–Crippen MR) is 94.0 cm³/mol. The molecule has 2 aromatic heterocycles. The third-order valence-electron chi connectivity index (χ3n) is 5.28. The number of nitrogens with zero attached hydrogens (tertiary/aromatic N) is 3. The second kappa shape index (κ2) is 8.38. The number of hydrogen-bond donors (Lipinski definition) is 1. The van der Waals surface area contributed by atoms with Crippen molar-refractivity contribution in [1.82, 2.24) is 15.1 Å². The van der Waals surface area contributed by atoms with Gasteiger partial charge in [-0.25, -0.2) is 0 Å². The van der Waals surface area contributed by atoms with E-state index in [0.717, 1.165) is 11.5 Å². The maximum absolute atomic E-state index is 6.42. The second-order valence-electron chi connectivity index (χ2n) is 6.99. The van der Waals surface area contributed by atoms with Gasteiger partial charge in [0.05, 0.1) is 6.04 Å². The Labute approximate surface area is 144 Å². The van der Waals surface area contributed by atoms with Gasteiger partial charge in [0, 0.05) is 18.0 Å². The molecular formula is C19H28N4O. The standard InChI is InChI=1S/C19H28N4O/c1-2-3-4-5-14-6-8-15(9-7-14)17(20)19-22-18(23-24-19)16-10-12-21-13-11-16/h10-15,17H,2-9,20H2,1H3. The summed E-state index contributed by atoms with van der Waals surface area (Å²) in [6.45, 7) is 2.26. The van der Waals surface area contributed by atoms with Gasteiger partial charge in [-0.1, -0.05) is 50.6 Å². The Hall–Kier alpha value is -1.75. The number of unbranched alkanes of at least 4 members (excludes halogenated alkanes) is 2. The number of aromatic nitrogens is 3. The van der Waals surface area contributed by atoms with E-state index in [1.807, 2.05) is 12.1 Å². The average molecular weight is 328 g/mol. The van der Waals surface area contributed by atoms with E-state index in [9.17, 15) is 0 Å². The van der Waals surface area contributed by atoms with Crippen LogP contribution in [0.5, 0.6) is 0 Å². The third kappa shape index (κ3) is 4.20. The van der Waals surface area contributed by atoms with Gasteiger partial charge in [-0.05, 0) is 36.8 Å². The highest BCUT2D eigenvalue weighted by Crippen LogP contribution is 2.37. The van der Waals surface area contributed by atoms with E-state index in [1.54, 1.807) is 12.4 Å². The van der Waals surface area contributed by atoms with Gasteiger partial charge in [0.1, 0.15) is 0 Å². The smallest absolute Gasteiger partial charge is 0.244 e. The van der Waals surface area contributed by atoms with Gasteiger partial charge >= 0.3 is 0 Å². The van der Waals surface area contributed by atoms with Gasteiger partial charge in [0.25, 0.3) is 0 Å². The molecule has 0 saturated heterocycles. The Kier molecular flexibility index (Phi) is 5.96. The second-order valence-corrected chi connectivity index (χ2v) is 6.99. The molecule has 0 spiro atoms. The molecule has 0 aromatic carbocycles. The zero-order chi connectivity index (χ0) is 16.8. The van der Waals surface area contributed by atoms with E-state index in [2.05, 4.69) is 22.0 Å². The summed E-state index contributed by atoms with van der Waals surface area (Å²) in [5.74, 6) is 2.50. The van der Waals surface area contributed by atoms with Gasteiger partial charge in [-0.15, -0.1) is 0 Å². The molecule has 1 aliphatic rings. The number of rotatable bonds is 7. The Bertz CT molecular complexity index is 605. The molecule has 2 aromatic rings. The normalized spacial score (nSPS) is 22.4. The Morgan fingerprint density at radius 1 is 1.17 bits per heavy atom. The topological polar surface area (TPSA) is 77.8 Å². The molecule has 1 atom stereocenters. The van der Waals surface area contributed by atoms with E-state index in [-0.39, 0.29) is 6.04 Å². The van der Waals surface area contributed by atoms with Crippen LogP contribution in [-0.2, 0) is 0 Å². The monoisotopic (exact) mass is 328 g/mol. The van der Waals surface area contributed by atoms with Crippen molar-refractivity contribution in [2.75, 3.05) is 0 Å². The fourth-order valence-electron chi connectivity index (χ4n) is 3.71. The van der Waals surface area contributed by atoms with Crippen molar-refractivity contribution in [3.8, 4) is 11.4 Å². The fraction of sp³-hybridized carbons (Fsp3) is 0.632. The molecule has 0 aliphatic heterocycles. The van der Waals surface area contributed by atoms with Gasteiger partial charge in [0.2, 0.25) is 11.7 Å². The lowest BCUT2D eigenvalue weighted by Gasteiger charge is -2.30. The van der Waals surface area contributed by atoms with E-state index < -0.39 is 0 Å². The van der Waals surface area contributed by atoms with E-state index in [0.29, 0.717) is 17.6 Å².